The largest absolute Gasteiger partial charge is 0.466 e. The van der Waals surface area contributed by atoms with Crippen LogP contribution in [0, 0.1) is 5.92 Å². The molecule has 1 unspecified atom stereocenters. The quantitative estimate of drug-likeness (QED) is 0.848. The van der Waals surface area contributed by atoms with Crippen molar-refractivity contribution in [1.29, 1.82) is 0 Å². The van der Waals surface area contributed by atoms with Gasteiger partial charge >= 0.3 is 5.97 Å². The summed E-state index contributed by atoms with van der Waals surface area (Å²) in [6.07, 6.45) is 3.50. The van der Waals surface area contributed by atoms with E-state index >= 15 is 0 Å². The van der Waals surface area contributed by atoms with E-state index in [0.717, 1.165) is 23.7 Å². The van der Waals surface area contributed by atoms with Gasteiger partial charge in [0.15, 0.2) is 0 Å². The molecule has 5 nitrogen and oxygen atoms in total. The van der Waals surface area contributed by atoms with E-state index in [4.69, 9.17) is 4.74 Å². The lowest BCUT2D eigenvalue weighted by Crippen LogP contribution is -2.29. The second-order valence-corrected chi connectivity index (χ2v) is 6.94. The van der Waals surface area contributed by atoms with Crippen LogP contribution in [0.15, 0.2) is 18.2 Å². The molecule has 1 aliphatic rings. The Hall–Kier alpha value is -2.30. The van der Waals surface area contributed by atoms with Gasteiger partial charge in [-0.1, -0.05) is 19.1 Å². The van der Waals surface area contributed by atoms with Crippen LogP contribution in [0.25, 0.3) is 10.9 Å². The molecule has 2 aromatic rings. The van der Waals surface area contributed by atoms with E-state index in [-0.39, 0.29) is 18.3 Å². The lowest BCUT2D eigenvalue weighted by molar-refractivity contribution is -0.143. The van der Waals surface area contributed by atoms with Gasteiger partial charge in [-0.15, -0.1) is 0 Å². The Balaban J connectivity index is 1.83. The van der Waals surface area contributed by atoms with Gasteiger partial charge in [0.2, 0.25) is 0 Å². The number of nitrogens with zero attached hydrogens (tertiary/aromatic N) is 1. The number of aryl methyl sites for hydroxylation is 1. The van der Waals surface area contributed by atoms with E-state index in [1.807, 2.05) is 12.1 Å². The van der Waals surface area contributed by atoms with E-state index in [1.54, 1.807) is 18.9 Å². The molecule has 0 saturated heterocycles. The summed E-state index contributed by atoms with van der Waals surface area (Å²) in [6.45, 7) is 4.77. The number of para-hydroxylation sites is 1. The predicted octanol–water partition coefficient (Wildman–Crippen LogP) is 3.32. The van der Waals surface area contributed by atoms with Gasteiger partial charge in [-0.05, 0) is 43.7 Å². The maximum Gasteiger partial charge on any atom is 0.307 e. The van der Waals surface area contributed by atoms with E-state index in [0.29, 0.717) is 24.6 Å². The normalized spacial score (nSPS) is 16.5. The molecule has 1 amide bonds. The zero-order chi connectivity index (χ0) is 18.0. The van der Waals surface area contributed by atoms with Crippen LogP contribution in [0.3, 0.4) is 0 Å². The van der Waals surface area contributed by atoms with E-state index in [1.165, 1.54) is 17.7 Å². The van der Waals surface area contributed by atoms with Gasteiger partial charge in [0, 0.05) is 24.7 Å². The van der Waals surface area contributed by atoms with Gasteiger partial charge in [-0.3, -0.25) is 9.59 Å². The fraction of sp³-hybridized carbons (Fsp3) is 0.500. The first-order valence-electron chi connectivity index (χ1n) is 9.04. The molecule has 0 fully saturated rings. The van der Waals surface area contributed by atoms with Crippen LogP contribution in [0.5, 0.6) is 0 Å². The van der Waals surface area contributed by atoms with E-state index in [9.17, 15) is 9.59 Å². The molecule has 0 aliphatic heterocycles. The number of ether oxygens (including phenoxy) is 1. The van der Waals surface area contributed by atoms with Crippen molar-refractivity contribution in [1.82, 2.24) is 9.88 Å². The maximum atomic E-state index is 12.9. The molecule has 3 rings (SSSR count). The fourth-order valence-corrected chi connectivity index (χ4v) is 3.59. The van der Waals surface area contributed by atoms with Crippen LogP contribution in [0.4, 0.5) is 0 Å². The number of aromatic nitrogens is 1. The lowest BCUT2D eigenvalue weighted by atomic mass is 9.87. The summed E-state index contributed by atoms with van der Waals surface area (Å²) in [4.78, 5) is 29.5. The van der Waals surface area contributed by atoms with Gasteiger partial charge in [0.25, 0.3) is 5.91 Å². The molecule has 0 saturated carbocycles. The minimum atomic E-state index is -0.273. The monoisotopic (exact) mass is 342 g/mol. The Morgan fingerprint density at radius 3 is 2.92 bits per heavy atom. The molecule has 1 aliphatic carbocycles. The first-order valence-corrected chi connectivity index (χ1v) is 9.04. The maximum absolute atomic E-state index is 12.9. The van der Waals surface area contributed by atoms with Crippen molar-refractivity contribution in [2.45, 2.75) is 39.5 Å². The number of benzene rings is 1. The zero-order valence-electron chi connectivity index (χ0n) is 15.2. The van der Waals surface area contributed by atoms with Gasteiger partial charge in [0.1, 0.15) is 0 Å². The SMILES string of the molecule is CCOC(=O)CCN(C)C(=O)c1cccc2c3c([nH]c12)CCC(C)C3. The van der Waals surface area contributed by atoms with Crippen molar-refractivity contribution >= 4 is 22.8 Å². The number of carbonyl (C=O) groups is 2. The highest BCUT2D eigenvalue weighted by molar-refractivity contribution is 6.06. The molecule has 5 heteroatoms. The van der Waals surface area contributed by atoms with Crippen LogP contribution in [-0.2, 0) is 22.4 Å². The smallest absolute Gasteiger partial charge is 0.307 e. The molecular formula is C20H26N2O3. The molecular weight excluding hydrogens is 316 g/mol. The number of esters is 1. The van der Waals surface area contributed by atoms with Crippen molar-refractivity contribution in [3.8, 4) is 0 Å². The Labute approximate surface area is 148 Å². The molecule has 0 spiro atoms. The average Bonchev–Trinajstić information content (AvgIpc) is 2.97. The summed E-state index contributed by atoms with van der Waals surface area (Å²) in [5.74, 6) is 0.337. The molecule has 0 radical (unpaired) electrons. The van der Waals surface area contributed by atoms with Crippen molar-refractivity contribution in [3.05, 3.63) is 35.0 Å². The summed E-state index contributed by atoms with van der Waals surface area (Å²) < 4.78 is 4.93. The highest BCUT2D eigenvalue weighted by atomic mass is 16.5. The third kappa shape index (κ3) is 3.55. The Morgan fingerprint density at radius 1 is 1.36 bits per heavy atom. The van der Waals surface area contributed by atoms with Crippen LogP contribution >= 0.6 is 0 Å². The number of hydrogen-bond donors (Lipinski definition) is 1. The second kappa shape index (κ2) is 7.30. The van der Waals surface area contributed by atoms with Crippen molar-refractivity contribution in [2.75, 3.05) is 20.2 Å². The number of aromatic amines is 1. The number of hydrogen-bond acceptors (Lipinski definition) is 3. The van der Waals surface area contributed by atoms with Crippen LogP contribution in [0.2, 0.25) is 0 Å². The summed E-state index contributed by atoms with van der Waals surface area (Å²) in [5.41, 5.74) is 4.22. The zero-order valence-corrected chi connectivity index (χ0v) is 15.2. The van der Waals surface area contributed by atoms with Crippen molar-refractivity contribution in [3.63, 3.8) is 0 Å². The minimum absolute atomic E-state index is 0.0680. The summed E-state index contributed by atoms with van der Waals surface area (Å²) in [5, 5.41) is 1.16. The highest BCUT2D eigenvalue weighted by Crippen LogP contribution is 2.33. The Bertz CT molecular complexity index is 794. The predicted molar refractivity (Wildman–Crippen MR) is 97.7 cm³/mol. The number of fused-ring (bicyclic) bond motifs is 3. The summed E-state index contributed by atoms with van der Waals surface area (Å²) in [7, 11) is 1.73. The third-order valence-electron chi connectivity index (χ3n) is 5.00. The standard InChI is InChI=1S/C20H26N2O3/c1-4-25-18(23)10-11-22(3)20(24)15-7-5-6-14-16-12-13(2)8-9-17(16)21-19(14)15/h5-7,13,21H,4,8-12H2,1-3H3. The van der Waals surface area contributed by atoms with Gasteiger partial charge < -0.3 is 14.6 Å². The third-order valence-corrected chi connectivity index (χ3v) is 5.00. The molecule has 1 N–H and O–H groups in total. The van der Waals surface area contributed by atoms with Gasteiger partial charge in [-0.2, -0.15) is 0 Å². The second-order valence-electron chi connectivity index (χ2n) is 6.94. The molecule has 1 aromatic carbocycles. The number of amides is 1. The van der Waals surface area contributed by atoms with Crippen molar-refractivity contribution < 1.29 is 14.3 Å². The Morgan fingerprint density at radius 2 is 2.16 bits per heavy atom. The molecule has 1 heterocycles. The van der Waals surface area contributed by atoms with Gasteiger partial charge in [0.05, 0.1) is 24.1 Å². The first kappa shape index (κ1) is 17.5. The molecule has 25 heavy (non-hydrogen) atoms. The van der Waals surface area contributed by atoms with Crippen molar-refractivity contribution in [2.24, 2.45) is 5.92 Å². The number of nitrogens with one attached hydrogen (secondary N) is 1. The first-order chi connectivity index (χ1) is 12.0. The fourth-order valence-electron chi connectivity index (χ4n) is 3.59. The molecule has 134 valence electrons. The van der Waals surface area contributed by atoms with E-state index < -0.39 is 0 Å². The van der Waals surface area contributed by atoms with Crippen LogP contribution in [0.1, 0.15) is 48.3 Å². The average molecular weight is 342 g/mol. The summed E-state index contributed by atoms with van der Waals surface area (Å²) in [6, 6.07) is 5.90. The van der Waals surface area contributed by atoms with Gasteiger partial charge in [-0.25, -0.2) is 0 Å². The number of rotatable bonds is 5. The van der Waals surface area contributed by atoms with Crippen LogP contribution < -0.4 is 0 Å². The minimum Gasteiger partial charge on any atom is -0.466 e. The number of carbonyl (C=O) groups excluding carboxylic acids is 2. The van der Waals surface area contributed by atoms with E-state index in [2.05, 4.69) is 18.0 Å². The Kier molecular flexibility index (Phi) is 5.11. The molecule has 1 atom stereocenters. The summed E-state index contributed by atoms with van der Waals surface area (Å²) >= 11 is 0. The highest BCUT2D eigenvalue weighted by Gasteiger charge is 2.23. The molecule has 1 aromatic heterocycles. The number of H-pyrrole nitrogens is 1. The van der Waals surface area contributed by atoms with Crippen LogP contribution in [-0.4, -0.2) is 42.0 Å². The lowest BCUT2D eigenvalue weighted by Gasteiger charge is -2.18. The molecule has 0 bridgehead atoms. The topological polar surface area (TPSA) is 62.4 Å².